The van der Waals surface area contributed by atoms with Crippen molar-refractivity contribution in [1.29, 1.82) is 0 Å². The molecule has 0 radical (unpaired) electrons. The highest BCUT2D eigenvalue weighted by atomic mass is 16.2. The largest absolute Gasteiger partial charge is 0.352 e. The number of amides is 2. The fourth-order valence-electron chi connectivity index (χ4n) is 3.28. The van der Waals surface area contributed by atoms with Crippen molar-refractivity contribution in [3.63, 3.8) is 0 Å². The topological polar surface area (TPSA) is 86.3 Å². The minimum atomic E-state index is -0.0743. The Morgan fingerprint density at radius 2 is 1.63 bits per heavy atom. The van der Waals surface area contributed by atoms with Crippen molar-refractivity contribution >= 4 is 29.2 Å². The highest BCUT2D eigenvalue weighted by molar-refractivity contribution is 5.89. The normalized spacial score (nSPS) is 13.8. The van der Waals surface area contributed by atoms with E-state index >= 15 is 0 Å². The van der Waals surface area contributed by atoms with Crippen LogP contribution < -0.4 is 15.5 Å². The van der Waals surface area contributed by atoms with E-state index in [1.54, 1.807) is 0 Å². The number of hydrogen-bond acceptors (Lipinski definition) is 6. The van der Waals surface area contributed by atoms with Crippen molar-refractivity contribution in [1.82, 2.24) is 20.1 Å². The van der Waals surface area contributed by atoms with Gasteiger partial charge in [0.05, 0.1) is 0 Å². The number of urea groups is 1. The van der Waals surface area contributed by atoms with Gasteiger partial charge in [0.15, 0.2) is 11.6 Å². The lowest BCUT2D eigenvalue weighted by atomic mass is 10.2. The molecule has 0 unspecified atom stereocenters. The number of pyridine rings is 1. The standard InChI is InChI=1S/C22H25N7O/c1-16-6-8-18(9-7-16)24-22(30)29-14-12-28(13-15-29)21-11-10-20(26-27-21)25-19-5-3-4-17(2)23-19/h3-11H,12-15H2,1-2H3,(H,24,30)(H,23,25,26). The molecule has 2 aromatic heterocycles. The number of hydrogen-bond donors (Lipinski definition) is 2. The molecular weight excluding hydrogens is 378 g/mol. The Balaban J connectivity index is 1.30. The molecule has 0 aliphatic carbocycles. The third-order valence-corrected chi connectivity index (χ3v) is 4.99. The van der Waals surface area contributed by atoms with Crippen molar-refractivity contribution in [2.75, 3.05) is 41.7 Å². The molecule has 30 heavy (non-hydrogen) atoms. The number of nitrogens with zero attached hydrogens (tertiary/aromatic N) is 5. The summed E-state index contributed by atoms with van der Waals surface area (Å²) in [6.07, 6.45) is 0. The maximum absolute atomic E-state index is 12.5. The molecule has 2 amide bonds. The molecule has 0 spiro atoms. The Hall–Kier alpha value is -3.68. The first kappa shape index (κ1) is 19.6. The van der Waals surface area contributed by atoms with Gasteiger partial charge in [-0.25, -0.2) is 9.78 Å². The minimum absolute atomic E-state index is 0.0743. The molecule has 3 heterocycles. The van der Waals surface area contributed by atoms with Crippen LogP contribution in [-0.4, -0.2) is 52.3 Å². The summed E-state index contributed by atoms with van der Waals surface area (Å²) in [5.41, 5.74) is 2.91. The number of carbonyl (C=O) groups excluding carboxylic acids is 1. The smallest absolute Gasteiger partial charge is 0.321 e. The predicted octanol–water partition coefficient (Wildman–Crippen LogP) is 3.59. The van der Waals surface area contributed by atoms with Gasteiger partial charge in [0, 0.05) is 37.6 Å². The second-order valence-corrected chi connectivity index (χ2v) is 7.34. The Bertz CT molecular complexity index is 997. The lowest BCUT2D eigenvalue weighted by molar-refractivity contribution is 0.208. The Labute approximate surface area is 176 Å². The number of nitrogens with one attached hydrogen (secondary N) is 2. The molecule has 8 nitrogen and oxygen atoms in total. The lowest BCUT2D eigenvalue weighted by Gasteiger charge is -2.35. The Morgan fingerprint density at radius 1 is 0.867 bits per heavy atom. The van der Waals surface area contributed by atoms with Gasteiger partial charge in [-0.15, -0.1) is 10.2 Å². The molecule has 0 atom stereocenters. The molecule has 1 aliphatic rings. The van der Waals surface area contributed by atoms with Crippen LogP contribution in [0.25, 0.3) is 0 Å². The average molecular weight is 403 g/mol. The predicted molar refractivity (Wildman–Crippen MR) is 118 cm³/mol. The molecule has 3 aromatic rings. The molecule has 1 aromatic carbocycles. The van der Waals surface area contributed by atoms with E-state index in [4.69, 9.17) is 0 Å². The van der Waals surface area contributed by atoms with Crippen LogP contribution in [0.4, 0.5) is 27.9 Å². The van der Waals surface area contributed by atoms with Crippen LogP contribution in [0.5, 0.6) is 0 Å². The molecule has 1 fully saturated rings. The van der Waals surface area contributed by atoms with Gasteiger partial charge in [-0.1, -0.05) is 23.8 Å². The minimum Gasteiger partial charge on any atom is -0.352 e. The van der Waals surface area contributed by atoms with E-state index in [9.17, 15) is 4.79 Å². The highest BCUT2D eigenvalue weighted by Gasteiger charge is 2.22. The van der Waals surface area contributed by atoms with Crippen molar-refractivity contribution in [3.05, 3.63) is 65.9 Å². The van der Waals surface area contributed by atoms with Gasteiger partial charge in [0.2, 0.25) is 0 Å². The zero-order chi connectivity index (χ0) is 20.9. The number of rotatable bonds is 4. The molecule has 0 bridgehead atoms. The molecular formula is C22H25N7O. The van der Waals surface area contributed by atoms with Gasteiger partial charge in [-0.3, -0.25) is 0 Å². The zero-order valence-corrected chi connectivity index (χ0v) is 17.2. The van der Waals surface area contributed by atoms with Gasteiger partial charge in [0.1, 0.15) is 5.82 Å². The van der Waals surface area contributed by atoms with Gasteiger partial charge in [-0.05, 0) is 50.2 Å². The summed E-state index contributed by atoms with van der Waals surface area (Å²) in [5, 5.41) is 14.7. The van der Waals surface area contributed by atoms with E-state index in [0.717, 1.165) is 23.0 Å². The molecule has 2 N–H and O–H groups in total. The van der Waals surface area contributed by atoms with E-state index in [1.807, 2.05) is 73.3 Å². The van der Waals surface area contributed by atoms with Gasteiger partial charge in [0.25, 0.3) is 0 Å². The van der Waals surface area contributed by atoms with Crippen LogP contribution in [0.3, 0.4) is 0 Å². The van der Waals surface area contributed by atoms with Crippen LogP contribution in [0.2, 0.25) is 0 Å². The zero-order valence-electron chi connectivity index (χ0n) is 17.2. The summed E-state index contributed by atoms with van der Waals surface area (Å²) in [4.78, 5) is 20.9. The van der Waals surface area contributed by atoms with E-state index in [-0.39, 0.29) is 6.03 Å². The van der Waals surface area contributed by atoms with Crippen LogP contribution in [0, 0.1) is 13.8 Å². The van der Waals surface area contributed by atoms with Crippen molar-refractivity contribution in [2.24, 2.45) is 0 Å². The number of carbonyl (C=O) groups is 1. The van der Waals surface area contributed by atoms with Crippen LogP contribution in [-0.2, 0) is 0 Å². The van der Waals surface area contributed by atoms with Gasteiger partial charge >= 0.3 is 6.03 Å². The first-order valence-corrected chi connectivity index (χ1v) is 9.99. The maximum atomic E-state index is 12.5. The van der Waals surface area contributed by atoms with E-state index in [0.29, 0.717) is 32.0 Å². The SMILES string of the molecule is Cc1ccc(NC(=O)N2CCN(c3ccc(Nc4cccc(C)n4)nn3)CC2)cc1. The number of piperazine rings is 1. The molecule has 1 saturated heterocycles. The van der Waals surface area contributed by atoms with Crippen molar-refractivity contribution in [3.8, 4) is 0 Å². The molecule has 154 valence electrons. The summed E-state index contributed by atoms with van der Waals surface area (Å²) in [7, 11) is 0. The molecule has 8 heteroatoms. The van der Waals surface area contributed by atoms with E-state index in [1.165, 1.54) is 5.56 Å². The third kappa shape index (κ3) is 4.83. The van der Waals surface area contributed by atoms with Crippen LogP contribution in [0.1, 0.15) is 11.3 Å². The van der Waals surface area contributed by atoms with Crippen molar-refractivity contribution < 1.29 is 4.79 Å². The Kier molecular flexibility index (Phi) is 5.74. The Morgan fingerprint density at radius 3 is 2.30 bits per heavy atom. The average Bonchev–Trinajstić information content (AvgIpc) is 2.76. The third-order valence-electron chi connectivity index (χ3n) is 4.99. The number of aryl methyl sites for hydroxylation is 2. The second kappa shape index (κ2) is 8.77. The first-order valence-electron chi connectivity index (χ1n) is 9.99. The lowest BCUT2D eigenvalue weighted by Crippen LogP contribution is -2.50. The summed E-state index contributed by atoms with van der Waals surface area (Å²) in [5.74, 6) is 2.19. The van der Waals surface area contributed by atoms with E-state index in [2.05, 4.69) is 30.7 Å². The summed E-state index contributed by atoms with van der Waals surface area (Å²) in [6, 6.07) is 17.3. The van der Waals surface area contributed by atoms with Gasteiger partial charge in [-0.2, -0.15) is 0 Å². The summed E-state index contributed by atoms with van der Waals surface area (Å²) >= 11 is 0. The quantitative estimate of drug-likeness (QED) is 0.692. The molecule has 4 rings (SSSR count). The maximum Gasteiger partial charge on any atom is 0.321 e. The number of aromatic nitrogens is 3. The molecule has 1 aliphatic heterocycles. The number of anilines is 4. The second-order valence-electron chi connectivity index (χ2n) is 7.34. The monoisotopic (exact) mass is 403 g/mol. The fourth-order valence-corrected chi connectivity index (χ4v) is 3.28. The molecule has 0 saturated carbocycles. The first-order chi connectivity index (χ1) is 14.6. The van der Waals surface area contributed by atoms with E-state index < -0.39 is 0 Å². The summed E-state index contributed by atoms with van der Waals surface area (Å²) in [6.45, 7) is 6.65. The van der Waals surface area contributed by atoms with Crippen molar-refractivity contribution in [2.45, 2.75) is 13.8 Å². The number of benzene rings is 1. The van der Waals surface area contributed by atoms with Crippen LogP contribution in [0.15, 0.2) is 54.6 Å². The highest BCUT2D eigenvalue weighted by Crippen LogP contribution is 2.17. The fraction of sp³-hybridized carbons (Fsp3) is 0.273. The summed E-state index contributed by atoms with van der Waals surface area (Å²) < 4.78 is 0. The van der Waals surface area contributed by atoms with Crippen LogP contribution >= 0.6 is 0 Å². The van der Waals surface area contributed by atoms with Gasteiger partial charge < -0.3 is 20.4 Å².